The van der Waals surface area contributed by atoms with Crippen molar-refractivity contribution in [3.63, 3.8) is 0 Å². The van der Waals surface area contributed by atoms with Crippen molar-refractivity contribution in [3.05, 3.63) is 95.8 Å². The third kappa shape index (κ3) is 4.73. The summed E-state index contributed by atoms with van der Waals surface area (Å²) in [6.45, 7) is 2.43. The van der Waals surface area contributed by atoms with Gasteiger partial charge in [-0.25, -0.2) is 0 Å². The first-order chi connectivity index (χ1) is 13.2. The number of carbonyl (C=O) groups is 2. The molecule has 0 unspecified atom stereocenters. The molecule has 3 aromatic rings. The number of aryl methyl sites for hydroxylation is 1. The highest BCUT2D eigenvalue weighted by Gasteiger charge is 2.20. The molecule has 0 fully saturated rings. The van der Waals surface area contributed by atoms with Crippen LogP contribution >= 0.6 is 0 Å². The number of benzene rings is 2. The minimum Gasteiger partial charge on any atom is -0.354 e. The van der Waals surface area contributed by atoms with E-state index in [1.165, 1.54) is 5.56 Å². The van der Waals surface area contributed by atoms with Gasteiger partial charge in [0.05, 0.1) is 5.69 Å². The van der Waals surface area contributed by atoms with Gasteiger partial charge in [-0.15, -0.1) is 0 Å². The lowest BCUT2D eigenvalue weighted by molar-refractivity contribution is -0.123. The molecule has 3 rings (SSSR count). The molecule has 1 atom stereocenters. The standard InChI is InChI=1S/C23H24N2O2/c1-18(23(27)24-16-8-12-19-10-4-2-5-11-19)25-17-9-15-21(25)22(26)20-13-6-3-7-14-20/h2-7,9-11,13-15,17-18H,8,12,16H2,1H3,(H,24,27)/t18-/m0/s1. The zero-order valence-electron chi connectivity index (χ0n) is 15.5. The van der Waals surface area contributed by atoms with E-state index in [1.807, 2.05) is 43.3 Å². The quantitative estimate of drug-likeness (QED) is 0.487. The number of ketones is 1. The maximum atomic E-state index is 12.7. The maximum Gasteiger partial charge on any atom is 0.242 e. The molecule has 0 aliphatic heterocycles. The average molecular weight is 360 g/mol. The number of nitrogens with one attached hydrogen (secondary N) is 1. The highest BCUT2D eigenvalue weighted by molar-refractivity contribution is 6.08. The van der Waals surface area contributed by atoms with E-state index in [1.54, 1.807) is 35.0 Å². The molecular weight excluding hydrogens is 336 g/mol. The summed E-state index contributed by atoms with van der Waals surface area (Å²) in [6.07, 6.45) is 3.59. The Labute approximate surface area is 159 Å². The van der Waals surface area contributed by atoms with E-state index >= 15 is 0 Å². The number of carbonyl (C=O) groups excluding carboxylic acids is 2. The number of rotatable bonds is 8. The third-order valence-corrected chi connectivity index (χ3v) is 4.63. The molecule has 2 aromatic carbocycles. The van der Waals surface area contributed by atoms with Crippen molar-refractivity contribution in [1.82, 2.24) is 9.88 Å². The molecule has 1 amide bonds. The molecule has 4 heteroatoms. The van der Waals surface area contributed by atoms with Crippen LogP contribution in [0.15, 0.2) is 79.0 Å². The van der Waals surface area contributed by atoms with E-state index in [2.05, 4.69) is 17.4 Å². The van der Waals surface area contributed by atoms with Crippen molar-refractivity contribution >= 4 is 11.7 Å². The maximum absolute atomic E-state index is 12.7. The van der Waals surface area contributed by atoms with Gasteiger partial charge in [0, 0.05) is 18.3 Å². The highest BCUT2D eigenvalue weighted by atomic mass is 16.2. The Morgan fingerprint density at radius 3 is 2.30 bits per heavy atom. The zero-order valence-corrected chi connectivity index (χ0v) is 15.5. The van der Waals surface area contributed by atoms with E-state index in [-0.39, 0.29) is 11.7 Å². The van der Waals surface area contributed by atoms with Crippen LogP contribution in [0.25, 0.3) is 0 Å². The monoisotopic (exact) mass is 360 g/mol. The molecule has 0 aliphatic rings. The van der Waals surface area contributed by atoms with Crippen molar-refractivity contribution in [3.8, 4) is 0 Å². The molecule has 138 valence electrons. The van der Waals surface area contributed by atoms with E-state index < -0.39 is 6.04 Å². The predicted octanol–water partition coefficient (Wildman–Crippen LogP) is 4.03. The van der Waals surface area contributed by atoms with E-state index in [4.69, 9.17) is 0 Å². The molecule has 0 aliphatic carbocycles. The average Bonchev–Trinajstić information content (AvgIpc) is 3.21. The molecule has 27 heavy (non-hydrogen) atoms. The Balaban J connectivity index is 1.57. The number of amides is 1. The Morgan fingerprint density at radius 1 is 0.926 bits per heavy atom. The fourth-order valence-corrected chi connectivity index (χ4v) is 3.08. The fraction of sp³-hybridized carbons (Fsp3) is 0.217. The van der Waals surface area contributed by atoms with Crippen molar-refractivity contribution in [2.24, 2.45) is 0 Å². The van der Waals surface area contributed by atoms with Crippen molar-refractivity contribution < 1.29 is 9.59 Å². The second-order valence-corrected chi connectivity index (χ2v) is 6.55. The molecular formula is C23H24N2O2. The molecule has 0 bridgehead atoms. The minimum atomic E-state index is -0.445. The van der Waals surface area contributed by atoms with Crippen molar-refractivity contribution in [1.29, 1.82) is 0 Å². The highest BCUT2D eigenvalue weighted by Crippen LogP contribution is 2.16. The van der Waals surface area contributed by atoms with Gasteiger partial charge in [0.25, 0.3) is 0 Å². The summed E-state index contributed by atoms with van der Waals surface area (Å²) >= 11 is 0. The third-order valence-electron chi connectivity index (χ3n) is 4.63. The molecule has 1 N–H and O–H groups in total. The zero-order chi connectivity index (χ0) is 19.1. The van der Waals surface area contributed by atoms with Gasteiger partial charge in [0.2, 0.25) is 11.7 Å². The summed E-state index contributed by atoms with van der Waals surface area (Å²) in [5, 5.41) is 2.98. The Morgan fingerprint density at radius 2 is 1.59 bits per heavy atom. The lowest BCUT2D eigenvalue weighted by Gasteiger charge is -2.17. The van der Waals surface area contributed by atoms with Crippen LogP contribution in [0.2, 0.25) is 0 Å². The van der Waals surface area contributed by atoms with Crippen LogP contribution in [0.4, 0.5) is 0 Å². The largest absolute Gasteiger partial charge is 0.354 e. The van der Waals surface area contributed by atoms with Gasteiger partial charge in [-0.1, -0.05) is 60.7 Å². The summed E-state index contributed by atoms with van der Waals surface area (Å²) < 4.78 is 1.74. The van der Waals surface area contributed by atoms with Crippen molar-refractivity contribution in [2.75, 3.05) is 6.54 Å². The van der Waals surface area contributed by atoms with Crippen LogP contribution in [0, 0.1) is 0 Å². The van der Waals surface area contributed by atoms with Gasteiger partial charge in [0.15, 0.2) is 0 Å². The number of hydrogen-bond acceptors (Lipinski definition) is 2. The first-order valence-electron chi connectivity index (χ1n) is 9.25. The van der Waals surface area contributed by atoms with Gasteiger partial charge < -0.3 is 9.88 Å². The Kier molecular flexibility index (Phi) is 6.21. The first-order valence-corrected chi connectivity index (χ1v) is 9.25. The molecule has 1 heterocycles. The Bertz CT molecular complexity index is 885. The van der Waals surface area contributed by atoms with Crippen LogP contribution in [-0.4, -0.2) is 22.8 Å². The summed E-state index contributed by atoms with van der Waals surface area (Å²) in [6, 6.07) is 22.5. The molecule has 0 spiro atoms. The molecule has 1 aromatic heterocycles. The van der Waals surface area contributed by atoms with Crippen LogP contribution in [0.3, 0.4) is 0 Å². The number of nitrogens with zero attached hydrogens (tertiary/aromatic N) is 1. The van der Waals surface area contributed by atoms with Crippen LogP contribution < -0.4 is 5.32 Å². The van der Waals surface area contributed by atoms with E-state index in [0.29, 0.717) is 17.8 Å². The minimum absolute atomic E-state index is 0.0793. The summed E-state index contributed by atoms with van der Waals surface area (Å²) in [4.78, 5) is 25.2. The second-order valence-electron chi connectivity index (χ2n) is 6.55. The van der Waals surface area contributed by atoms with Crippen LogP contribution in [-0.2, 0) is 11.2 Å². The van der Waals surface area contributed by atoms with E-state index in [0.717, 1.165) is 12.8 Å². The summed E-state index contributed by atoms with van der Waals surface area (Å²) in [7, 11) is 0. The summed E-state index contributed by atoms with van der Waals surface area (Å²) in [5.41, 5.74) is 2.40. The number of hydrogen-bond donors (Lipinski definition) is 1. The predicted molar refractivity (Wildman–Crippen MR) is 107 cm³/mol. The normalized spacial score (nSPS) is 11.7. The molecule has 4 nitrogen and oxygen atoms in total. The molecule has 0 saturated carbocycles. The van der Waals surface area contributed by atoms with Gasteiger partial charge in [-0.05, 0) is 37.5 Å². The lowest BCUT2D eigenvalue weighted by Crippen LogP contribution is -2.32. The van der Waals surface area contributed by atoms with Gasteiger partial charge >= 0.3 is 0 Å². The number of aromatic nitrogens is 1. The van der Waals surface area contributed by atoms with Gasteiger partial charge in [0.1, 0.15) is 6.04 Å². The molecule has 0 saturated heterocycles. The summed E-state index contributed by atoms with van der Waals surface area (Å²) in [5.74, 6) is -0.161. The van der Waals surface area contributed by atoms with Crippen LogP contribution in [0.5, 0.6) is 0 Å². The fourth-order valence-electron chi connectivity index (χ4n) is 3.08. The van der Waals surface area contributed by atoms with E-state index in [9.17, 15) is 9.59 Å². The lowest BCUT2D eigenvalue weighted by atomic mass is 10.1. The second kappa shape index (κ2) is 8.99. The van der Waals surface area contributed by atoms with Gasteiger partial charge in [-0.3, -0.25) is 9.59 Å². The Hall–Kier alpha value is -3.14. The molecule has 0 radical (unpaired) electrons. The topological polar surface area (TPSA) is 51.1 Å². The SMILES string of the molecule is C[C@@H](C(=O)NCCCc1ccccc1)n1cccc1C(=O)c1ccccc1. The first kappa shape index (κ1) is 18.6. The van der Waals surface area contributed by atoms with Crippen molar-refractivity contribution in [2.45, 2.75) is 25.8 Å². The van der Waals surface area contributed by atoms with Gasteiger partial charge in [-0.2, -0.15) is 0 Å². The van der Waals surface area contributed by atoms with Crippen LogP contribution in [0.1, 0.15) is 41.0 Å². The smallest absolute Gasteiger partial charge is 0.242 e.